The van der Waals surface area contributed by atoms with Gasteiger partial charge in [-0.25, -0.2) is 21.6 Å². The van der Waals surface area contributed by atoms with E-state index in [1.165, 1.54) is 25.3 Å². The first-order valence-electron chi connectivity index (χ1n) is 10.1. The van der Waals surface area contributed by atoms with E-state index >= 15 is 0 Å². The minimum Gasteiger partial charge on any atom is -0.484 e. The second kappa shape index (κ2) is 9.73. The Morgan fingerprint density at radius 3 is 2.59 bits per heavy atom. The lowest BCUT2D eigenvalue weighted by atomic mass is 10.2. The molecule has 3 aromatic rings. The van der Waals surface area contributed by atoms with Crippen molar-refractivity contribution in [1.82, 2.24) is 0 Å². The van der Waals surface area contributed by atoms with E-state index in [0.717, 1.165) is 16.4 Å². The number of hydrogen-bond acceptors (Lipinski definition) is 5. The molecule has 6 nitrogen and oxygen atoms in total. The summed E-state index contributed by atoms with van der Waals surface area (Å²) in [7, 11) is -2.83. The average Bonchev–Trinajstić information content (AvgIpc) is 2.80. The molecule has 11 heteroatoms. The molecule has 0 aliphatic carbocycles. The van der Waals surface area contributed by atoms with Gasteiger partial charge in [-0.15, -0.1) is 0 Å². The Labute approximate surface area is 199 Å². The highest BCUT2D eigenvalue weighted by molar-refractivity contribution is 7.92. The van der Waals surface area contributed by atoms with Crippen LogP contribution in [0.15, 0.2) is 59.5 Å². The van der Waals surface area contributed by atoms with Crippen LogP contribution in [0.1, 0.15) is 5.56 Å². The smallest absolute Gasteiger partial charge is 0.264 e. The lowest BCUT2D eigenvalue weighted by Crippen LogP contribution is -2.45. The zero-order chi connectivity index (χ0) is 24.5. The molecule has 0 amide bonds. The molecule has 0 aromatic heterocycles. The quantitative estimate of drug-likeness (QED) is 0.484. The number of methoxy groups -OCH3 is 1. The lowest BCUT2D eigenvalue weighted by Gasteiger charge is -2.35. The summed E-state index contributed by atoms with van der Waals surface area (Å²) in [5.41, 5.74) is 0.906. The Kier molecular flexibility index (Phi) is 6.92. The summed E-state index contributed by atoms with van der Waals surface area (Å²) < 4.78 is 80.1. The summed E-state index contributed by atoms with van der Waals surface area (Å²) in [6.45, 7) is 0.0349. The minimum absolute atomic E-state index is 0.0490. The molecule has 0 fully saturated rings. The van der Waals surface area contributed by atoms with Crippen LogP contribution in [0.25, 0.3) is 0 Å². The number of rotatable bonds is 7. The SMILES string of the molecule is COCC1CN(S(=O)(=O)c2ccc(F)c(F)c2)c2cc(NCc3c(F)cccc3Cl)ccc2O1. The standard InChI is InChI=1S/C23H20ClF3N2O4S/c1-32-13-15-12-29(34(30,31)16-6-7-20(26)21(27)10-16)22-9-14(5-8-23(22)33-15)28-11-17-18(24)3-2-4-19(17)25/h2-10,15,28H,11-13H2,1H3. The fraction of sp³-hybridized carbons (Fsp3) is 0.217. The van der Waals surface area contributed by atoms with Crippen LogP contribution in [0, 0.1) is 17.5 Å². The highest BCUT2D eigenvalue weighted by Crippen LogP contribution is 2.39. The van der Waals surface area contributed by atoms with Crippen molar-refractivity contribution >= 4 is 33.0 Å². The number of ether oxygens (including phenoxy) is 2. The predicted molar refractivity (Wildman–Crippen MR) is 122 cm³/mol. The number of sulfonamides is 1. The van der Waals surface area contributed by atoms with Crippen molar-refractivity contribution in [3.63, 3.8) is 0 Å². The molecule has 34 heavy (non-hydrogen) atoms. The van der Waals surface area contributed by atoms with Gasteiger partial charge in [0.05, 0.1) is 23.7 Å². The fourth-order valence-electron chi connectivity index (χ4n) is 3.58. The Morgan fingerprint density at radius 1 is 1.09 bits per heavy atom. The molecule has 1 aliphatic heterocycles. The first-order valence-corrected chi connectivity index (χ1v) is 12.0. The van der Waals surface area contributed by atoms with Crippen molar-refractivity contribution < 1.29 is 31.1 Å². The summed E-state index contributed by atoms with van der Waals surface area (Å²) in [6, 6.07) is 11.5. The van der Waals surface area contributed by atoms with Crippen LogP contribution in [-0.4, -0.2) is 34.8 Å². The Hall–Kier alpha value is -2.95. The minimum atomic E-state index is -4.28. The van der Waals surface area contributed by atoms with Crippen LogP contribution in [0.4, 0.5) is 24.5 Å². The van der Waals surface area contributed by atoms with Gasteiger partial charge < -0.3 is 14.8 Å². The molecule has 1 N–H and O–H groups in total. The second-order valence-electron chi connectivity index (χ2n) is 7.54. The van der Waals surface area contributed by atoms with Gasteiger partial charge in [0, 0.05) is 29.9 Å². The van der Waals surface area contributed by atoms with E-state index in [4.69, 9.17) is 21.1 Å². The summed E-state index contributed by atoms with van der Waals surface area (Å²) in [4.78, 5) is -0.410. The number of fused-ring (bicyclic) bond motifs is 1. The molecule has 0 saturated carbocycles. The van der Waals surface area contributed by atoms with E-state index in [2.05, 4.69) is 5.32 Å². The number of anilines is 2. The van der Waals surface area contributed by atoms with Crippen molar-refractivity contribution in [3.8, 4) is 5.75 Å². The van der Waals surface area contributed by atoms with Gasteiger partial charge in [0.2, 0.25) is 0 Å². The molecule has 1 atom stereocenters. The Bertz CT molecular complexity index is 1300. The molecule has 1 unspecified atom stereocenters. The molecule has 180 valence electrons. The average molecular weight is 513 g/mol. The van der Waals surface area contributed by atoms with Gasteiger partial charge >= 0.3 is 0 Å². The van der Waals surface area contributed by atoms with Crippen LogP contribution < -0.4 is 14.4 Å². The van der Waals surface area contributed by atoms with E-state index < -0.39 is 38.5 Å². The molecule has 0 saturated heterocycles. The van der Waals surface area contributed by atoms with E-state index in [0.29, 0.717) is 11.8 Å². The third-order valence-corrected chi connectivity index (χ3v) is 7.38. The van der Waals surface area contributed by atoms with Gasteiger partial charge in [0.1, 0.15) is 17.7 Å². The van der Waals surface area contributed by atoms with Gasteiger partial charge in [-0.1, -0.05) is 17.7 Å². The zero-order valence-corrected chi connectivity index (χ0v) is 19.5. The highest BCUT2D eigenvalue weighted by Gasteiger charge is 2.35. The second-order valence-corrected chi connectivity index (χ2v) is 9.81. The fourth-order valence-corrected chi connectivity index (χ4v) is 5.32. The predicted octanol–water partition coefficient (Wildman–Crippen LogP) is 4.97. The van der Waals surface area contributed by atoms with E-state index in [1.54, 1.807) is 18.2 Å². The molecule has 1 heterocycles. The number of nitrogens with one attached hydrogen (secondary N) is 1. The van der Waals surface area contributed by atoms with Gasteiger partial charge in [-0.3, -0.25) is 4.31 Å². The number of benzene rings is 3. The molecule has 3 aromatic carbocycles. The maximum absolute atomic E-state index is 14.1. The summed E-state index contributed by atoms with van der Waals surface area (Å²) in [5, 5.41) is 3.27. The van der Waals surface area contributed by atoms with Gasteiger partial charge in [-0.2, -0.15) is 0 Å². The van der Waals surface area contributed by atoms with E-state index in [-0.39, 0.29) is 41.7 Å². The molecule has 0 bridgehead atoms. The number of halogens is 4. The zero-order valence-electron chi connectivity index (χ0n) is 17.9. The van der Waals surface area contributed by atoms with Crippen LogP contribution in [0.3, 0.4) is 0 Å². The normalized spacial score (nSPS) is 15.6. The summed E-state index contributed by atoms with van der Waals surface area (Å²) in [5.74, 6) is -2.66. The highest BCUT2D eigenvalue weighted by atomic mass is 35.5. The Balaban J connectivity index is 1.70. The monoisotopic (exact) mass is 512 g/mol. The lowest BCUT2D eigenvalue weighted by molar-refractivity contribution is 0.0820. The third-order valence-electron chi connectivity index (χ3n) is 5.25. The summed E-state index contributed by atoms with van der Waals surface area (Å²) >= 11 is 6.07. The van der Waals surface area contributed by atoms with Crippen molar-refractivity contribution in [2.24, 2.45) is 0 Å². The molecule has 4 rings (SSSR count). The van der Waals surface area contributed by atoms with E-state index in [1.807, 2.05) is 0 Å². The van der Waals surface area contributed by atoms with Crippen LogP contribution in [0.5, 0.6) is 5.75 Å². The van der Waals surface area contributed by atoms with Crippen molar-refractivity contribution in [3.05, 3.63) is 82.6 Å². The maximum Gasteiger partial charge on any atom is 0.264 e. The van der Waals surface area contributed by atoms with Crippen molar-refractivity contribution in [1.29, 1.82) is 0 Å². The molecule has 1 aliphatic rings. The van der Waals surface area contributed by atoms with Crippen molar-refractivity contribution in [2.45, 2.75) is 17.5 Å². The van der Waals surface area contributed by atoms with Crippen LogP contribution in [-0.2, 0) is 21.3 Å². The molecular formula is C23H20ClF3N2O4S. The molecular weight excluding hydrogens is 493 g/mol. The van der Waals surface area contributed by atoms with Crippen LogP contribution >= 0.6 is 11.6 Å². The van der Waals surface area contributed by atoms with Gasteiger partial charge in [0.25, 0.3) is 10.0 Å². The third kappa shape index (κ3) is 4.79. The van der Waals surface area contributed by atoms with Gasteiger partial charge in [-0.05, 0) is 48.5 Å². The number of hydrogen-bond donors (Lipinski definition) is 1. The largest absolute Gasteiger partial charge is 0.484 e. The molecule has 0 spiro atoms. The first kappa shape index (κ1) is 24.2. The maximum atomic E-state index is 14.1. The van der Waals surface area contributed by atoms with Crippen LogP contribution in [0.2, 0.25) is 5.02 Å². The number of nitrogens with zero attached hydrogens (tertiary/aromatic N) is 1. The first-order chi connectivity index (χ1) is 16.2. The Morgan fingerprint density at radius 2 is 1.88 bits per heavy atom. The van der Waals surface area contributed by atoms with Crippen molar-refractivity contribution in [2.75, 3.05) is 29.9 Å². The topological polar surface area (TPSA) is 67.9 Å². The molecule has 0 radical (unpaired) electrons. The summed E-state index contributed by atoms with van der Waals surface area (Å²) in [6.07, 6.45) is -0.631. The van der Waals surface area contributed by atoms with Gasteiger partial charge in [0.15, 0.2) is 11.6 Å². The van der Waals surface area contributed by atoms with E-state index in [9.17, 15) is 21.6 Å².